The summed E-state index contributed by atoms with van der Waals surface area (Å²) in [5.41, 5.74) is 1.13. The van der Waals surface area contributed by atoms with E-state index < -0.39 is 0 Å². The molecule has 16 heavy (non-hydrogen) atoms. The zero-order valence-corrected chi connectivity index (χ0v) is 9.14. The lowest BCUT2D eigenvalue weighted by molar-refractivity contribution is 0.247. The highest BCUT2D eigenvalue weighted by atomic mass is 16.5. The number of ether oxygens (including phenoxy) is 1. The maximum atomic E-state index is 5.66. The summed E-state index contributed by atoms with van der Waals surface area (Å²) in [5, 5.41) is 6.73. The van der Waals surface area contributed by atoms with E-state index in [1.54, 1.807) is 12.3 Å². The van der Waals surface area contributed by atoms with Crippen molar-refractivity contribution in [3.05, 3.63) is 47.9 Å². The Labute approximate surface area is 94.2 Å². The number of nitrogens with one attached hydrogen (secondary N) is 1. The Bertz CT molecular complexity index is 426. The molecule has 0 saturated carbocycles. The molecule has 4 nitrogen and oxygen atoms in total. The van der Waals surface area contributed by atoms with Crippen LogP contribution in [-0.4, -0.2) is 12.2 Å². The van der Waals surface area contributed by atoms with E-state index in [0.717, 1.165) is 23.6 Å². The van der Waals surface area contributed by atoms with Crippen LogP contribution in [0.5, 0.6) is 5.75 Å². The van der Waals surface area contributed by atoms with E-state index in [2.05, 4.69) is 10.5 Å². The lowest BCUT2D eigenvalue weighted by Gasteiger charge is -2.09. The van der Waals surface area contributed by atoms with Crippen molar-refractivity contribution in [2.45, 2.75) is 13.2 Å². The number of benzene rings is 1. The molecule has 1 heterocycles. The van der Waals surface area contributed by atoms with Crippen molar-refractivity contribution in [2.75, 3.05) is 7.05 Å². The van der Waals surface area contributed by atoms with E-state index in [0.29, 0.717) is 6.61 Å². The molecule has 84 valence electrons. The Morgan fingerprint density at radius 3 is 2.94 bits per heavy atom. The van der Waals surface area contributed by atoms with Gasteiger partial charge in [0.1, 0.15) is 12.4 Å². The van der Waals surface area contributed by atoms with Gasteiger partial charge in [-0.3, -0.25) is 0 Å². The highest BCUT2D eigenvalue weighted by Crippen LogP contribution is 2.18. The first-order valence-corrected chi connectivity index (χ1v) is 5.15. The molecule has 0 aliphatic rings. The van der Waals surface area contributed by atoms with Crippen molar-refractivity contribution >= 4 is 0 Å². The third-order valence-electron chi connectivity index (χ3n) is 2.20. The SMILES string of the molecule is CNCc1ccccc1OCc1ccno1. The summed E-state index contributed by atoms with van der Waals surface area (Å²) >= 11 is 0. The first-order valence-electron chi connectivity index (χ1n) is 5.15. The van der Waals surface area contributed by atoms with Gasteiger partial charge in [-0.2, -0.15) is 0 Å². The zero-order chi connectivity index (χ0) is 11.2. The fourth-order valence-corrected chi connectivity index (χ4v) is 1.45. The fraction of sp³-hybridized carbons (Fsp3) is 0.250. The lowest BCUT2D eigenvalue weighted by Crippen LogP contribution is -2.07. The topological polar surface area (TPSA) is 47.3 Å². The standard InChI is InChI=1S/C12H14N2O2/c1-13-8-10-4-2-3-5-12(10)15-9-11-6-7-14-16-11/h2-7,13H,8-9H2,1H3. The van der Waals surface area contributed by atoms with Crippen molar-refractivity contribution in [1.82, 2.24) is 10.5 Å². The summed E-state index contributed by atoms with van der Waals surface area (Å²) in [5.74, 6) is 1.59. The number of nitrogens with zero attached hydrogens (tertiary/aromatic N) is 1. The molecule has 0 spiro atoms. The van der Waals surface area contributed by atoms with Gasteiger partial charge in [-0.25, -0.2) is 0 Å². The van der Waals surface area contributed by atoms with E-state index in [-0.39, 0.29) is 0 Å². The van der Waals surface area contributed by atoms with Gasteiger partial charge in [-0.1, -0.05) is 23.4 Å². The predicted molar refractivity (Wildman–Crippen MR) is 60.0 cm³/mol. The van der Waals surface area contributed by atoms with Gasteiger partial charge in [0.25, 0.3) is 0 Å². The van der Waals surface area contributed by atoms with Crippen molar-refractivity contribution in [3.8, 4) is 5.75 Å². The molecule has 1 aromatic heterocycles. The Kier molecular flexibility index (Phi) is 3.56. The minimum atomic E-state index is 0.403. The van der Waals surface area contributed by atoms with Crippen LogP contribution in [0.15, 0.2) is 41.1 Å². The normalized spacial score (nSPS) is 10.3. The minimum absolute atomic E-state index is 0.403. The van der Waals surface area contributed by atoms with Crippen LogP contribution in [0.25, 0.3) is 0 Å². The molecule has 1 aromatic carbocycles. The first kappa shape index (κ1) is 10.7. The van der Waals surface area contributed by atoms with E-state index in [1.807, 2.05) is 31.3 Å². The van der Waals surface area contributed by atoms with Crippen LogP contribution in [0.2, 0.25) is 0 Å². The molecule has 4 heteroatoms. The Morgan fingerprint density at radius 2 is 2.19 bits per heavy atom. The second kappa shape index (κ2) is 5.32. The number of rotatable bonds is 5. The van der Waals surface area contributed by atoms with E-state index in [4.69, 9.17) is 9.26 Å². The largest absolute Gasteiger partial charge is 0.485 e. The molecule has 0 bridgehead atoms. The molecule has 2 rings (SSSR count). The summed E-state index contributed by atoms with van der Waals surface area (Å²) in [6.45, 7) is 1.19. The molecule has 2 aromatic rings. The third kappa shape index (κ3) is 2.61. The molecular formula is C12H14N2O2. The van der Waals surface area contributed by atoms with Crippen molar-refractivity contribution in [2.24, 2.45) is 0 Å². The number of aromatic nitrogens is 1. The summed E-state index contributed by atoms with van der Waals surface area (Å²) in [6.07, 6.45) is 1.61. The van der Waals surface area contributed by atoms with Gasteiger partial charge in [-0.05, 0) is 13.1 Å². The third-order valence-corrected chi connectivity index (χ3v) is 2.20. The van der Waals surface area contributed by atoms with Crippen LogP contribution in [0, 0.1) is 0 Å². The minimum Gasteiger partial charge on any atom is -0.485 e. The molecule has 0 aliphatic heterocycles. The average molecular weight is 218 g/mol. The van der Waals surface area contributed by atoms with Gasteiger partial charge in [0, 0.05) is 18.2 Å². The molecule has 0 fully saturated rings. The quantitative estimate of drug-likeness (QED) is 0.833. The Hall–Kier alpha value is -1.81. The number of hydrogen-bond donors (Lipinski definition) is 1. The zero-order valence-electron chi connectivity index (χ0n) is 9.14. The summed E-state index contributed by atoms with van der Waals surface area (Å²) in [4.78, 5) is 0. The van der Waals surface area contributed by atoms with Crippen molar-refractivity contribution in [1.29, 1.82) is 0 Å². The molecule has 0 radical (unpaired) electrons. The molecule has 1 N–H and O–H groups in total. The molecule has 0 saturated heterocycles. The number of hydrogen-bond acceptors (Lipinski definition) is 4. The highest BCUT2D eigenvalue weighted by molar-refractivity contribution is 5.33. The van der Waals surface area contributed by atoms with Crippen molar-refractivity contribution < 1.29 is 9.26 Å². The summed E-state index contributed by atoms with van der Waals surface area (Å²) in [6, 6.07) is 9.72. The molecule has 0 aliphatic carbocycles. The van der Waals surface area contributed by atoms with Crippen LogP contribution in [0.3, 0.4) is 0 Å². The van der Waals surface area contributed by atoms with Gasteiger partial charge < -0.3 is 14.6 Å². The Morgan fingerprint density at radius 1 is 1.31 bits per heavy atom. The van der Waals surface area contributed by atoms with Gasteiger partial charge in [0.2, 0.25) is 0 Å². The lowest BCUT2D eigenvalue weighted by atomic mass is 10.2. The van der Waals surface area contributed by atoms with Crippen LogP contribution < -0.4 is 10.1 Å². The monoisotopic (exact) mass is 218 g/mol. The predicted octanol–water partition coefficient (Wildman–Crippen LogP) is 1.97. The summed E-state index contributed by atoms with van der Waals surface area (Å²) < 4.78 is 10.6. The van der Waals surface area contributed by atoms with Gasteiger partial charge >= 0.3 is 0 Å². The maximum absolute atomic E-state index is 5.66. The Balaban J connectivity index is 2.03. The van der Waals surface area contributed by atoms with Crippen LogP contribution >= 0.6 is 0 Å². The first-order chi connectivity index (χ1) is 7.90. The number of para-hydroxylation sites is 1. The second-order valence-corrected chi connectivity index (χ2v) is 3.41. The maximum Gasteiger partial charge on any atom is 0.174 e. The highest BCUT2D eigenvalue weighted by Gasteiger charge is 2.03. The fourth-order valence-electron chi connectivity index (χ4n) is 1.45. The van der Waals surface area contributed by atoms with Crippen LogP contribution in [-0.2, 0) is 13.2 Å². The summed E-state index contributed by atoms with van der Waals surface area (Å²) in [7, 11) is 1.91. The van der Waals surface area contributed by atoms with E-state index in [1.165, 1.54) is 0 Å². The van der Waals surface area contributed by atoms with E-state index in [9.17, 15) is 0 Å². The van der Waals surface area contributed by atoms with E-state index >= 15 is 0 Å². The average Bonchev–Trinajstić information content (AvgIpc) is 2.81. The van der Waals surface area contributed by atoms with Gasteiger partial charge in [0.15, 0.2) is 5.76 Å². The second-order valence-electron chi connectivity index (χ2n) is 3.41. The molecule has 0 atom stereocenters. The van der Waals surface area contributed by atoms with Crippen molar-refractivity contribution in [3.63, 3.8) is 0 Å². The van der Waals surface area contributed by atoms with Crippen LogP contribution in [0.4, 0.5) is 0 Å². The van der Waals surface area contributed by atoms with Gasteiger partial charge in [-0.15, -0.1) is 0 Å². The molecule has 0 amide bonds. The van der Waals surface area contributed by atoms with Crippen LogP contribution in [0.1, 0.15) is 11.3 Å². The van der Waals surface area contributed by atoms with Gasteiger partial charge in [0.05, 0.1) is 6.20 Å². The molecular weight excluding hydrogens is 204 g/mol. The molecule has 0 unspecified atom stereocenters. The smallest absolute Gasteiger partial charge is 0.174 e.